The number of rotatable bonds is 3. The maximum absolute atomic E-state index is 9.10. The third-order valence-electron chi connectivity index (χ3n) is 3.07. The van der Waals surface area contributed by atoms with Gasteiger partial charge in [-0.1, -0.05) is 11.6 Å². The predicted octanol–water partition coefficient (Wildman–Crippen LogP) is 4.31. The van der Waals surface area contributed by atoms with Crippen molar-refractivity contribution in [2.24, 2.45) is 0 Å². The van der Waals surface area contributed by atoms with Crippen LogP contribution in [0.1, 0.15) is 11.1 Å². The summed E-state index contributed by atoms with van der Waals surface area (Å²) >= 11 is 9.42. The van der Waals surface area contributed by atoms with Crippen LogP contribution in [-0.4, -0.2) is 6.79 Å². The van der Waals surface area contributed by atoms with E-state index in [0.29, 0.717) is 28.6 Å². The van der Waals surface area contributed by atoms with Crippen molar-refractivity contribution in [3.05, 3.63) is 51.0 Å². The Morgan fingerprint density at radius 2 is 2.14 bits per heavy atom. The molecule has 0 spiro atoms. The first kappa shape index (κ1) is 14.1. The van der Waals surface area contributed by atoms with Crippen molar-refractivity contribution in [2.45, 2.75) is 6.54 Å². The molecule has 0 bridgehead atoms. The predicted molar refractivity (Wildman–Crippen MR) is 83.8 cm³/mol. The van der Waals surface area contributed by atoms with Gasteiger partial charge in [0.2, 0.25) is 6.79 Å². The Bertz CT molecular complexity index is 743. The molecule has 1 heterocycles. The third-order valence-corrected chi connectivity index (χ3v) is 3.90. The Morgan fingerprint density at radius 1 is 1.29 bits per heavy atom. The monoisotopic (exact) mass is 364 g/mol. The molecule has 106 valence electrons. The Kier molecular flexibility index (Phi) is 3.91. The molecule has 0 aliphatic carbocycles. The van der Waals surface area contributed by atoms with E-state index in [1.807, 2.05) is 12.1 Å². The lowest BCUT2D eigenvalue weighted by molar-refractivity contribution is 0.173. The highest BCUT2D eigenvalue weighted by Gasteiger charge is 2.17. The number of nitriles is 1. The molecule has 0 amide bonds. The summed E-state index contributed by atoms with van der Waals surface area (Å²) in [4.78, 5) is 0. The normalized spacial score (nSPS) is 12.0. The highest BCUT2D eigenvalue weighted by Crippen LogP contribution is 2.40. The van der Waals surface area contributed by atoms with Crippen molar-refractivity contribution in [3.8, 4) is 17.6 Å². The number of hydrogen-bond acceptors (Lipinski definition) is 4. The van der Waals surface area contributed by atoms with Crippen LogP contribution in [0.15, 0.2) is 34.8 Å². The van der Waals surface area contributed by atoms with Crippen molar-refractivity contribution in [2.75, 3.05) is 12.1 Å². The zero-order valence-corrected chi connectivity index (χ0v) is 13.2. The largest absolute Gasteiger partial charge is 0.454 e. The standard InChI is InChI=1S/C15H10BrClN2O2/c16-12-3-9(4-14-15(12)21-8-20-14)7-19-13-5-11(17)2-1-10(13)6-18/h1-5,19H,7-8H2. The lowest BCUT2D eigenvalue weighted by atomic mass is 10.1. The van der Waals surface area contributed by atoms with Gasteiger partial charge in [0.1, 0.15) is 6.07 Å². The zero-order chi connectivity index (χ0) is 14.8. The summed E-state index contributed by atoms with van der Waals surface area (Å²) in [5.74, 6) is 1.44. The minimum atomic E-state index is 0.234. The highest BCUT2D eigenvalue weighted by atomic mass is 79.9. The Hall–Kier alpha value is -1.90. The molecule has 1 aliphatic heterocycles. The second-order valence-electron chi connectivity index (χ2n) is 4.47. The van der Waals surface area contributed by atoms with Gasteiger partial charge in [-0.15, -0.1) is 0 Å². The molecule has 0 atom stereocenters. The van der Waals surface area contributed by atoms with E-state index in [9.17, 15) is 0 Å². The zero-order valence-electron chi connectivity index (χ0n) is 10.8. The van der Waals surface area contributed by atoms with Gasteiger partial charge in [0, 0.05) is 11.6 Å². The van der Waals surface area contributed by atoms with E-state index in [-0.39, 0.29) is 6.79 Å². The first-order valence-electron chi connectivity index (χ1n) is 6.19. The van der Waals surface area contributed by atoms with Gasteiger partial charge in [0.05, 0.1) is 15.7 Å². The molecule has 6 heteroatoms. The number of fused-ring (bicyclic) bond motifs is 1. The molecular formula is C15H10BrClN2O2. The molecule has 2 aromatic rings. The minimum Gasteiger partial charge on any atom is -0.454 e. The molecule has 0 radical (unpaired) electrons. The summed E-state index contributed by atoms with van der Waals surface area (Å²) in [6.45, 7) is 0.780. The molecule has 0 unspecified atom stereocenters. The topological polar surface area (TPSA) is 54.3 Å². The molecule has 21 heavy (non-hydrogen) atoms. The number of ether oxygens (including phenoxy) is 2. The fourth-order valence-corrected chi connectivity index (χ4v) is 2.86. The molecule has 0 aromatic heterocycles. The lowest BCUT2D eigenvalue weighted by Gasteiger charge is -2.10. The van der Waals surface area contributed by atoms with Crippen molar-refractivity contribution in [1.82, 2.24) is 0 Å². The molecule has 2 aromatic carbocycles. The van der Waals surface area contributed by atoms with E-state index in [4.69, 9.17) is 26.3 Å². The first-order chi connectivity index (χ1) is 10.2. The van der Waals surface area contributed by atoms with Gasteiger partial charge in [0.15, 0.2) is 11.5 Å². The van der Waals surface area contributed by atoms with Crippen LogP contribution in [0.2, 0.25) is 5.02 Å². The van der Waals surface area contributed by atoms with Gasteiger partial charge in [-0.25, -0.2) is 0 Å². The van der Waals surface area contributed by atoms with E-state index in [0.717, 1.165) is 15.8 Å². The summed E-state index contributed by atoms with van der Waals surface area (Å²) in [6.07, 6.45) is 0. The van der Waals surface area contributed by atoms with Crippen LogP contribution in [0, 0.1) is 11.3 Å². The Balaban J connectivity index is 1.81. The minimum absolute atomic E-state index is 0.234. The van der Waals surface area contributed by atoms with Crippen molar-refractivity contribution in [3.63, 3.8) is 0 Å². The summed E-state index contributed by atoms with van der Waals surface area (Å²) in [6, 6.07) is 11.1. The maximum atomic E-state index is 9.10. The molecular weight excluding hydrogens is 356 g/mol. The van der Waals surface area contributed by atoms with Gasteiger partial charge in [-0.05, 0) is 51.8 Å². The van der Waals surface area contributed by atoms with Crippen molar-refractivity contribution in [1.29, 1.82) is 5.26 Å². The summed E-state index contributed by atoms with van der Waals surface area (Å²) < 4.78 is 11.6. The SMILES string of the molecule is N#Cc1ccc(Cl)cc1NCc1cc(Br)c2c(c1)OCO2. The molecule has 0 saturated carbocycles. The Labute approximate surface area is 135 Å². The molecule has 1 N–H and O–H groups in total. The lowest BCUT2D eigenvalue weighted by Crippen LogP contribution is -2.01. The van der Waals surface area contributed by atoms with Gasteiger partial charge in [-0.2, -0.15) is 5.26 Å². The number of hydrogen-bond donors (Lipinski definition) is 1. The first-order valence-corrected chi connectivity index (χ1v) is 7.36. The molecule has 4 nitrogen and oxygen atoms in total. The van der Waals surface area contributed by atoms with Crippen molar-refractivity contribution < 1.29 is 9.47 Å². The van der Waals surface area contributed by atoms with Crippen LogP contribution >= 0.6 is 27.5 Å². The molecule has 3 rings (SSSR count). The number of halogens is 2. The van der Waals surface area contributed by atoms with Crippen LogP contribution in [0.3, 0.4) is 0 Å². The van der Waals surface area contributed by atoms with E-state index in [1.54, 1.807) is 18.2 Å². The average Bonchev–Trinajstić information content (AvgIpc) is 2.94. The second-order valence-corrected chi connectivity index (χ2v) is 5.76. The fourth-order valence-electron chi connectivity index (χ4n) is 2.08. The number of nitrogens with one attached hydrogen (secondary N) is 1. The van der Waals surface area contributed by atoms with Gasteiger partial charge in [0.25, 0.3) is 0 Å². The number of benzene rings is 2. The number of anilines is 1. The van der Waals surface area contributed by atoms with E-state index >= 15 is 0 Å². The van der Waals surface area contributed by atoms with Gasteiger partial charge >= 0.3 is 0 Å². The fraction of sp³-hybridized carbons (Fsp3) is 0.133. The summed E-state index contributed by atoms with van der Waals surface area (Å²) in [5, 5.41) is 12.9. The van der Waals surface area contributed by atoms with Crippen LogP contribution in [0.25, 0.3) is 0 Å². The highest BCUT2D eigenvalue weighted by molar-refractivity contribution is 9.10. The van der Waals surface area contributed by atoms with Crippen LogP contribution in [0.5, 0.6) is 11.5 Å². The van der Waals surface area contributed by atoms with Gasteiger partial charge < -0.3 is 14.8 Å². The average molecular weight is 366 g/mol. The molecule has 1 aliphatic rings. The van der Waals surface area contributed by atoms with Crippen molar-refractivity contribution >= 4 is 33.2 Å². The maximum Gasteiger partial charge on any atom is 0.231 e. The van der Waals surface area contributed by atoms with Crippen LogP contribution in [-0.2, 0) is 6.54 Å². The summed E-state index contributed by atoms with van der Waals surface area (Å²) in [7, 11) is 0. The summed E-state index contributed by atoms with van der Waals surface area (Å²) in [5.41, 5.74) is 2.27. The molecule has 0 saturated heterocycles. The number of nitrogens with zero attached hydrogens (tertiary/aromatic N) is 1. The molecule has 0 fully saturated rings. The van der Waals surface area contributed by atoms with E-state index in [1.165, 1.54) is 0 Å². The second kappa shape index (κ2) is 5.84. The smallest absolute Gasteiger partial charge is 0.231 e. The van der Waals surface area contributed by atoms with E-state index < -0.39 is 0 Å². The van der Waals surface area contributed by atoms with Gasteiger partial charge in [-0.3, -0.25) is 0 Å². The third kappa shape index (κ3) is 2.92. The Morgan fingerprint density at radius 3 is 2.95 bits per heavy atom. The van der Waals surface area contributed by atoms with E-state index in [2.05, 4.69) is 27.3 Å². The quantitative estimate of drug-likeness (QED) is 0.880. The van der Waals surface area contributed by atoms with Crippen LogP contribution in [0.4, 0.5) is 5.69 Å². The van der Waals surface area contributed by atoms with Crippen LogP contribution < -0.4 is 14.8 Å².